The molecule has 0 radical (unpaired) electrons. The molecule has 2 fully saturated rings. The van der Waals surface area contributed by atoms with Gasteiger partial charge < -0.3 is 10.6 Å². The Morgan fingerprint density at radius 2 is 1.66 bits per heavy atom. The van der Waals surface area contributed by atoms with Crippen LogP contribution in [0.5, 0.6) is 0 Å². The molecule has 7 nitrogen and oxygen atoms in total. The summed E-state index contributed by atoms with van der Waals surface area (Å²) in [6, 6.07) is 17.8. The number of rotatable bonds is 6. The van der Waals surface area contributed by atoms with E-state index in [0.717, 1.165) is 50.9 Å². The van der Waals surface area contributed by atoms with Crippen molar-refractivity contribution >= 4 is 29.1 Å². The zero-order valence-corrected chi connectivity index (χ0v) is 20.2. The molecule has 2 aliphatic heterocycles. The van der Waals surface area contributed by atoms with Crippen LogP contribution in [0.15, 0.2) is 54.6 Å². The van der Waals surface area contributed by atoms with Crippen LogP contribution in [0.25, 0.3) is 0 Å². The number of carbonyl (C=O) groups excluding carboxylic acids is 3. The van der Waals surface area contributed by atoms with Crippen LogP contribution in [0.2, 0.25) is 0 Å². The summed E-state index contributed by atoms with van der Waals surface area (Å²) in [5.41, 5.74) is 1.92. The summed E-state index contributed by atoms with van der Waals surface area (Å²) in [6.07, 6.45) is 6.20. The Bertz CT molecular complexity index is 1070. The maximum Gasteiger partial charge on any atom is 0.250 e. The van der Waals surface area contributed by atoms with Gasteiger partial charge in [-0.25, -0.2) is 0 Å². The highest BCUT2D eigenvalue weighted by Gasteiger charge is 2.52. The average Bonchev–Trinajstić information content (AvgIpc) is 3.36. The lowest BCUT2D eigenvalue weighted by Crippen LogP contribution is -2.62. The second-order valence-corrected chi connectivity index (χ2v) is 10.0. The SMILES string of the molecule is O=C(CCc1ccccc1)NC1CCN(CC(=O)N2c3ccccc3NC(=O)C23CCCC3)CC1. The molecule has 0 aromatic heterocycles. The van der Waals surface area contributed by atoms with Crippen LogP contribution in [0.1, 0.15) is 50.5 Å². The number of carbonyl (C=O) groups is 3. The number of fused-ring (bicyclic) bond motifs is 1. The molecule has 5 rings (SSSR count). The Morgan fingerprint density at radius 1 is 0.971 bits per heavy atom. The summed E-state index contributed by atoms with van der Waals surface area (Å²) >= 11 is 0. The molecule has 0 bridgehead atoms. The summed E-state index contributed by atoms with van der Waals surface area (Å²) in [4.78, 5) is 43.1. The largest absolute Gasteiger partial charge is 0.353 e. The third-order valence-electron chi connectivity index (χ3n) is 7.72. The molecule has 2 N–H and O–H groups in total. The van der Waals surface area contributed by atoms with Crippen LogP contribution in [0, 0.1) is 0 Å². The molecule has 2 aromatic rings. The number of nitrogens with one attached hydrogen (secondary N) is 2. The molecule has 0 unspecified atom stereocenters. The van der Waals surface area contributed by atoms with Crippen molar-refractivity contribution in [2.75, 3.05) is 29.9 Å². The van der Waals surface area contributed by atoms with Gasteiger partial charge in [-0.1, -0.05) is 55.3 Å². The molecule has 184 valence electrons. The zero-order chi connectivity index (χ0) is 24.3. The Hall–Kier alpha value is -3.19. The Kier molecular flexibility index (Phi) is 6.86. The normalized spacial score (nSPS) is 19.9. The van der Waals surface area contributed by atoms with Gasteiger partial charge in [0.1, 0.15) is 5.54 Å². The first-order chi connectivity index (χ1) is 17.0. The molecule has 1 saturated heterocycles. The van der Waals surface area contributed by atoms with Crippen molar-refractivity contribution in [3.05, 3.63) is 60.2 Å². The molecule has 2 aromatic carbocycles. The number of anilines is 2. The number of hydrogen-bond acceptors (Lipinski definition) is 4. The quantitative estimate of drug-likeness (QED) is 0.672. The summed E-state index contributed by atoms with van der Waals surface area (Å²) in [6.45, 7) is 1.80. The van der Waals surface area contributed by atoms with E-state index in [1.54, 1.807) is 4.90 Å². The predicted molar refractivity (Wildman–Crippen MR) is 136 cm³/mol. The summed E-state index contributed by atoms with van der Waals surface area (Å²) in [5.74, 6) is 0.0148. The van der Waals surface area contributed by atoms with Gasteiger partial charge in [0.05, 0.1) is 17.9 Å². The third-order valence-corrected chi connectivity index (χ3v) is 7.72. The molecule has 7 heteroatoms. The van der Waals surface area contributed by atoms with Gasteiger partial charge in [0, 0.05) is 25.6 Å². The van der Waals surface area contributed by atoms with Crippen LogP contribution < -0.4 is 15.5 Å². The molecule has 2 heterocycles. The number of amides is 3. The lowest BCUT2D eigenvalue weighted by molar-refractivity contribution is -0.128. The predicted octanol–water partition coefficient (Wildman–Crippen LogP) is 3.50. The van der Waals surface area contributed by atoms with Gasteiger partial charge in [-0.3, -0.25) is 24.2 Å². The number of piperidine rings is 1. The minimum atomic E-state index is -0.767. The Labute approximate surface area is 206 Å². The topological polar surface area (TPSA) is 81.8 Å². The molecular weight excluding hydrogens is 440 g/mol. The van der Waals surface area contributed by atoms with E-state index in [2.05, 4.69) is 15.5 Å². The fourth-order valence-electron chi connectivity index (χ4n) is 5.83. The standard InChI is InChI=1S/C28H34N4O3/c33-25(13-12-21-8-2-1-3-9-21)29-22-14-18-31(19-15-22)20-26(34)32-24-11-5-4-10-23(24)30-27(35)28(32)16-6-7-17-28/h1-5,8-11,22H,6-7,12-20H2,(H,29,33)(H,30,35). The summed E-state index contributed by atoms with van der Waals surface area (Å²) in [7, 11) is 0. The molecular formula is C28H34N4O3. The fourth-order valence-corrected chi connectivity index (χ4v) is 5.83. The van der Waals surface area contributed by atoms with Crippen LogP contribution >= 0.6 is 0 Å². The smallest absolute Gasteiger partial charge is 0.250 e. The van der Waals surface area contributed by atoms with Crippen LogP contribution in [-0.4, -0.2) is 53.8 Å². The van der Waals surface area contributed by atoms with Crippen molar-refractivity contribution in [1.29, 1.82) is 0 Å². The number of aryl methyl sites for hydroxylation is 1. The number of hydrogen-bond donors (Lipinski definition) is 2. The van der Waals surface area contributed by atoms with Gasteiger partial charge in [0.25, 0.3) is 5.91 Å². The van der Waals surface area contributed by atoms with Gasteiger partial charge in [0.2, 0.25) is 11.8 Å². The van der Waals surface area contributed by atoms with E-state index in [9.17, 15) is 14.4 Å². The number of para-hydroxylation sites is 2. The first kappa shape index (κ1) is 23.5. The lowest BCUT2D eigenvalue weighted by Gasteiger charge is -2.45. The number of likely N-dealkylation sites (tertiary alicyclic amines) is 1. The minimum Gasteiger partial charge on any atom is -0.353 e. The second kappa shape index (κ2) is 10.2. The number of nitrogens with zero attached hydrogens (tertiary/aromatic N) is 2. The van der Waals surface area contributed by atoms with Crippen LogP contribution in [-0.2, 0) is 20.8 Å². The molecule has 1 spiro atoms. The highest BCUT2D eigenvalue weighted by Crippen LogP contribution is 2.45. The van der Waals surface area contributed by atoms with Gasteiger partial charge in [0.15, 0.2) is 0 Å². The Morgan fingerprint density at radius 3 is 2.40 bits per heavy atom. The number of benzene rings is 2. The molecule has 3 amide bonds. The summed E-state index contributed by atoms with van der Waals surface area (Å²) < 4.78 is 0. The molecule has 35 heavy (non-hydrogen) atoms. The van der Waals surface area contributed by atoms with Crippen LogP contribution in [0.3, 0.4) is 0 Å². The van der Waals surface area contributed by atoms with Crippen molar-refractivity contribution in [2.45, 2.75) is 62.9 Å². The highest BCUT2D eigenvalue weighted by atomic mass is 16.2. The van der Waals surface area contributed by atoms with E-state index >= 15 is 0 Å². The van der Waals surface area contributed by atoms with Crippen molar-refractivity contribution in [3.8, 4) is 0 Å². The van der Waals surface area contributed by atoms with E-state index in [1.165, 1.54) is 5.56 Å². The maximum absolute atomic E-state index is 13.6. The van der Waals surface area contributed by atoms with E-state index in [4.69, 9.17) is 0 Å². The maximum atomic E-state index is 13.6. The third kappa shape index (κ3) is 4.96. The second-order valence-electron chi connectivity index (χ2n) is 10.0. The molecule has 1 saturated carbocycles. The lowest BCUT2D eigenvalue weighted by atomic mass is 9.89. The van der Waals surface area contributed by atoms with Gasteiger partial charge >= 0.3 is 0 Å². The van der Waals surface area contributed by atoms with E-state index in [1.807, 2.05) is 54.6 Å². The van der Waals surface area contributed by atoms with Crippen molar-refractivity contribution in [3.63, 3.8) is 0 Å². The first-order valence-electron chi connectivity index (χ1n) is 12.8. The van der Waals surface area contributed by atoms with Crippen molar-refractivity contribution < 1.29 is 14.4 Å². The zero-order valence-electron chi connectivity index (χ0n) is 20.2. The first-order valence-corrected chi connectivity index (χ1v) is 12.8. The van der Waals surface area contributed by atoms with Gasteiger partial charge in [-0.2, -0.15) is 0 Å². The fraction of sp³-hybridized carbons (Fsp3) is 0.464. The monoisotopic (exact) mass is 474 g/mol. The van der Waals surface area contributed by atoms with E-state index in [0.29, 0.717) is 24.9 Å². The van der Waals surface area contributed by atoms with Crippen molar-refractivity contribution in [1.82, 2.24) is 10.2 Å². The van der Waals surface area contributed by atoms with Gasteiger partial charge in [-0.05, 0) is 49.8 Å². The summed E-state index contributed by atoms with van der Waals surface area (Å²) in [5, 5.41) is 6.21. The molecule has 3 aliphatic rings. The van der Waals surface area contributed by atoms with Gasteiger partial charge in [-0.15, -0.1) is 0 Å². The Balaban J connectivity index is 1.17. The van der Waals surface area contributed by atoms with E-state index in [-0.39, 0.29) is 30.3 Å². The van der Waals surface area contributed by atoms with Crippen LogP contribution in [0.4, 0.5) is 11.4 Å². The van der Waals surface area contributed by atoms with Crippen molar-refractivity contribution in [2.24, 2.45) is 0 Å². The average molecular weight is 475 g/mol. The minimum absolute atomic E-state index is 0.0143. The molecule has 1 aliphatic carbocycles. The molecule has 0 atom stereocenters. The highest BCUT2D eigenvalue weighted by molar-refractivity contribution is 6.15. The van der Waals surface area contributed by atoms with E-state index < -0.39 is 5.54 Å².